The van der Waals surface area contributed by atoms with Crippen LogP contribution in [-0.2, 0) is 0 Å². The van der Waals surface area contributed by atoms with Gasteiger partial charge in [-0.15, -0.1) is 0 Å². The molecular weight excluding hydrogens is 276 g/mol. The first-order valence-corrected chi connectivity index (χ1v) is 6.69. The second-order valence-corrected chi connectivity index (χ2v) is 4.60. The van der Waals surface area contributed by atoms with Crippen molar-refractivity contribution in [1.82, 2.24) is 9.88 Å². The monoisotopic (exact) mass is 296 g/mol. The highest BCUT2D eigenvalue weighted by Gasteiger charge is 2.23. The van der Waals surface area contributed by atoms with Gasteiger partial charge in [0.05, 0.1) is 4.92 Å². The Morgan fingerprint density at radius 2 is 2.19 bits per heavy atom. The van der Waals surface area contributed by atoms with Crippen molar-refractivity contribution in [3.05, 3.63) is 27.9 Å². The van der Waals surface area contributed by atoms with Crippen LogP contribution in [0.2, 0.25) is 0 Å². The van der Waals surface area contributed by atoms with Crippen molar-refractivity contribution in [3.8, 4) is 0 Å². The number of nitrogens with zero attached hydrogens (tertiary/aromatic N) is 3. The van der Waals surface area contributed by atoms with Crippen LogP contribution in [-0.4, -0.2) is 53.1 Å². The van der Waals surface area contributed by atoms with Gasteiger partial charge in [-0.05, 0) is 19.3 Å². The fourth-order valence-electron chi connectivity index (χ4n) is 1.85. The SMILES string of the molecule is CNc1cc(C(=O)N(C)CCCCCO)c([N+](=O)[O-])cn1. The molecule has 0 aromatic carbocycles. The Balaban J connectivity index is 2.86. The summed E-state index contributed by atoms with van der Waals surface area (Å²) in [4.78, 5) is 28.0. The quantitative estimate of drug-likeness (QED) is 0.425. The molecule has 1 rings (SSSR count). The predicted octanol–water partition coefficient (Wildman–Crippen LogP) is 1.27. The summed E-state index contributed by atoms with van der Waals surface area (Å²) in [5, 5.41) is 22.5. The molecule has 21 heavy (non-hydrogen) atoms. The summed E-state index contributed by atoms with van der Waals surface area (Å²) < 4.78 is 0. The maximum absolute atomic E-state index is 12.3. The van der Waals surface area contributed by atoms with Crippen molar-refractivity contribution in [1.29, 1.82) is 0 Å². The van der Waals surface area contributed by atoms with Gasteiger partial charge in [0, 0.05) is 33.3 Å². The Bertz CT molecular complexity index is 507. The van der Waals surface area contributed by atoms with Gasteiger partial charge in [-0.3, -0.25) is 14.9 Å². The van der Waals surface area contributed by atoms with Crippen LogP contribution < -0.4 is 5.32 Å². The number of anilines is 1. The fourth-order valence-corrected chi connectivity index (χ4v) is 1.85. The van der Waals surface area contributed by atoms with E-state index in [9.17, 15) is 14.9 Å². The van der Waals surface area contributed by atoms with E-state index in [0.717, 1.165) is 19.0 Å². The largest absolute Gasteiger partial charge is 0.396 e. The number of carbonyl (C=O) groups excluding carboxylic acids is 1. The molecule has 2 N–H and O–H groups in total. The number of nitro groups is 1. The van der Waals surface area contributed by atoms with Crippen LogP contribution in [0.4, 0.5) is 11.5 Å². The van der Waals surface area contributed by atoms with E-state index in [4.69, 9.17) is 5.11 Å². The van der Waals surface area contributed by atoms with Gasteiger partial charge < -0.3 is 15.3 Å². The van der Waals surface area contributed by atoms with Crippen molar-refractivity contribution in [2.75, 3.05) is 32.6 Å². The highest BCUT2D eigenvalue weighted by atomic mass is 16.6. The normalized spacial score (nSPS) is 10.2. The summed E-state index contributed by atoms with van der Waals surface area (Å²) in [6.45, 7) is 0.603. The van der Waals surface area contributed by atoms with Crippen LogP contribution in [0.15, 0.2) is 12.3 Å². The standard InChI is InChI=1S/C13H20N4O4/c1-14-12-8-10(11(9-15-12)17(20)21)13(19)16(2)6-4-3-5-7-18/h8-9,18H,3-7H2,1-2H3,(H,14,15). The second kappa shape index (κ2) is 8.15. The third-order valence-electron chi connectivity index (χ3n) is 3.06. The number of aliphatic hydroxyl groups is 1. The molecule has 0 saturated carbocycles. The summed E-state index contributed by atoms with van der Waals surface area (Å²) in [6.07, 6.45) is 3.30. The number of carbonyl (C=O) groups is 1. The molecule has 0 aliphatic rings. The van der Waals surface area contributed by atoms with E-state index in [1.807, 2.05) is 0 Å². The molecule has 0 unspecified atom stereocenters. The highest BCUT2D eigenvalue weighted by molar-refractivity contribution is 5.98. The number of pyridine rings is 1. The number of nitrogens with one attached hydrogen (secondary N) is 1. The first kappa shape index (κ1) is 16.8. The van der Waals surface area contributed by atoms with Crippen molar-refractivity contribution in [2.45, 2.75) is 19.3 Å². The number of amides is 1. The molecule has 1 aromatic rings. The first-order chi connectivity index (χ1) is 10.0. The van der Waals surface area contributed by atoms with E-state index in [-0.39, 0.29) is 17.9 Å². The molecule has 0 fully saturated rings. The maximum atomic E-state index is 12.3. The lowest BCUT2D eigenvalue weighted by atomic mass is 10.1. The zero-order valence-electron chi connectivity index (χ0n) is 12.2. The summed E-state index contributed by atoms with van der Waals surface area (Å²) in [5.41, 5.74) is -0.287. The van der Waals surface area contributed by atoms with Gasteiger partial charge in [0.2, 0.25) is 0 Å². The maximum Gasteiger partial charge on any atom is 0.300 e. The van der Waals surface area contributed by atoms with Crippen molar-refractivity contribution in [2.24, 2.45) is 0 Å². The van der Waals surface area contributed by atoms with Gasteiger partial charge in [0.1, 0.15) is 17.6 Å². The van der Waals surface area contributed by atoms with Crippen molar-refractivity contribution < 1.29 is 14.8 Å². The highest BCUT2D eigenvalue weighted by Crippen LogP contribution is 2.21. The van der Waals surface area contributed by atoms with Gasteiger partial charge in [-0.25, -0.2) is 4.98 Å². The van der Waals surface area contributed by atoms with Gasteiger partial charge >= 0.3 is 0 Å². The molecule has 8 heteroatoms. The minimum atomic E-state index is -0.612. The molecule has 0 radical (unpaired) electrons. The molecule has 0 aliphatic heterocycles. The average molecular weight is 296 g/mol. The summed E-state index contributed by atoms with van der Waals surface area (Å²) in [6, 6.07) is 1.38. The van der Waals surface area contributed by atoms with Crippen LogP contribution in [0.3, 0.4) is 0 Å². The molecular formula is C13H20N4O4. The van der Waals surface area contributed by atoms with Crippen LogP contribution in [0.5, 0.6) is 0 Å². The second-order valence-electron chi connectivity index (χ2n) is 4.60. The van der Waals surface area contributed by atoms with Crippen LogP contribution in [0, 0.1) is 10.1 Å². The number of rotatable bonds is 8. The molecule has 0 aliphatic carbocycles. The number of aromatic nitrogens is 1. The minimum absolute atomic E-state index is 0.0176. The van der Waals surface area contributed by atoms with Gasteiger partial charge in [-0.2, -0.15) is 0 Å². The molecule has 116 valence electrons. The van der Waals surface area contributed by atoms with E-state index in [2.05, 4.69) is 10.3 Å². The molecule has 1 heterocycles. The zero-order chi connectivity index (χ0) is 15.8. The Morgan fingerprint density at radius 3 is 2.76 bits per heavy atom. The lowest BCUT2D eigenvalue weighted by Crippen LogP contribution is -2.28. The fraction of sp³-hybridized carbons (Fsp3) is 0.538. The molecule has 1 aromatic heterocycles. The molecule has 8 nitrogen and oxygen atoms in total. The molecule has 0 atom stereocenters. The number of unbranched alkanes of at least 4 members (excludes halogenated alkanes) is 2. The molecule has 0 saturated heterocycles. The summed E-state index contributed by atoms with van der Waals surface area (Å²) >= 11 is 0. The predicted molar refractivity (Wildman–Crippen MR) is 78.3 cm³/mol. The number of hydrogen-bond acceptors (Lipinski definition) is 6. The van der Waals surface area contributed by atoms with Gasteiger partial charge in [-0.1, -0.05) is 0 Å². The third-order valence-corrected chi connectivity index (χ3v) is 3.06. The van der Waals surface area contributed by atoms with Crippen molar-refractivity contribution in [3.63, 3.8) is 0 Å². The smallest absolute Gasteiger partial charge is 0.300 e. The molecule has 0 spiro atoms. The summed E-state index contributed by atoms with van der Waals surface area (Å²) in [7, 11) is 3.23. The number of hydrogen-bond donors (Lipinski definition) is 2. The Labute approximate surface area is 122 Å². The van der Waals surface area contributed by atoms with E-state index < -0.39 is 10.8 Å². The molecule has 1 amide bonds. The first-order valence-electron chi connectivity index (χ1n) is 6.69. The topological polar surface area (TPSA) is 109 Å². The van der Waals surface area contributed by atoms with Crippen LogP contribution in [0.1, 0.15) is 29.6 Å². The zero-order valence-corrected chi connectivity index (χ0v) is 12.2. The Kier molecular flexibility index (Phi) is 6.54. The van der Waals surface area contributed by atoms with Gasteiger partial charge in [0.15, 0.2) is 0 Å². The van der Waals surface area contributed by atoms with Crippen molar-refractivity contribution >= 4 is 17.4 Å². The van der Waals surface area contributed by atoms with E-state index in [0.29, 0.717) is 18.8 Å². The van der Waals surface area contributed by atoms with Crippen LogP contribution in [0.25, 0.3) is 0 Å². The number of aliphatic hydroxyl groups excluding tert-OH is 1. The van der Waals surface area contributed by atoms with E-state index in [1.54, 1.807) is 14.1 Å². The van der Waals surface area contributed by atoms with Crippen LogP contribution >= 0.6 is 0 Å². The lowest BCUT2D eigenvalue weighted by Gasteiger charge is -2.17. The van der Waals surface area contributed by atoms with E-state index >= 15 is 0 Å². The molecule has 0 bridgehead atoms. The van der Waals surface area contributed by atoms with E-state index in [1.165, 1.54) is 11.0 Å². The average Bonchev–Trinajstić information content (AvgIpc) is 2.49. The van der Waals surface area contributed by atoms with Gasteiger partial charge in [0.25, 0.3) is 11.6 Å². The lowest BCUT2D eigenvalue weighted by molar-refractivity contribution is -0.385. The Hall–Kier alpha value is -2.22. The Morgan fingerprint density at radius 1 is 1.48 bits per heavy atom. The third kappa shape index (κ3) is 4.67. The summed E-state index contributed by atoms with van der Waals surface area (Å²) in [5.74, 6) is -0.0118. The minimum Gasteiger partial charge on any atom is -0.396 e.